The van der Waals surface area contributed by atoms with Gasteiger partial charge in [-0.05, 0) is 49.7 Å². The number of nitrogens with zero attached hydrogens (tertiary/aromatic N) is 1. The fourth-order valence-corrected chi connectivity index (χ4v) is 3.75. The van der Waals surface area contributed by atoms with Crippen LogP contribution >= 0.6 is 15.9 Å². The summed E-state index contributed by atoms with van der Waals surface area (Å²) in [5.74, 6) is 0. The van der Waals surface area contributed by atoms with Crippen molar-refractivity contribution in [1.29, 1.82) is 0 Å². The molecule has 2 aromatic rings. The van der Waals surface area contributed by atoms with Gasteiger partial charge >= 0.3 is 0 Å². The molecule has 0 spiro atoms. The van der Waals surface area contributed by atoms with Crippen LogP contribution in [0.2, 0.25) is 0 Å². The van der Waals surface area contributed by atoms with Crippen molar-refractivity contribution in [2.24, 2.45) is 0 Å². The van der Waals surface area contributed by atoms with Crippen LogP contribution in [0.5, 0.6) is 0 Å². The highest BCUT2D eigenvalue weighted by Gasteiger charge is 2.24. The first-order chi connectivity index (χ1) is 10.4. The minimum atomic E-state index is -3.62. The Morgan fingerprint density at radius 3 is 2.32 bits per heavy atom. The summed E-state index contributed by atoms with van der Waals surface area (Å²) in [4.78, 5) is 0.278. The molecule has 0 radical (unpaired) electrons. The molecule has 2 rings (SSSR count). The Morgan fingerprint density at radius 1 is 1.14 bits per heavy atom. The quantitative estimate of drug-likeness (QED) is 0.719. The molecule has 3 nitrogen and oxygen atoms in total. The zero-order valence-electron chi connectivity index (χ0n) is 12.6. The van der Waals surface area contributed by atoms with E-state index in [1.165, 1.54) is 4.31 Å². The third-order valence-corrected chi connectivity index (χ3v) is 6.03. The Balaban J connectivity index is 2.52. The van der Waals surface area contributed by atoms with Crippen LogP contribution < -0.4 is 4.31 Å². The summed E-state index contributed by atoms with van der Waals surface area (Å²) in [6, 6.07) is 12.3. The van der Waals surface area contributed by atoms with Gasteiger partial charge in [0.1, 0.15) is 0 Å². The second-order valence-electron chi connectivity index (χ2n) is 5.07. The van der Waals surface area contributed by atoms with Gasteiger partial charge in [-0.3, -0.25) is 4.31 Å². The normalized spacial score (nSPS) is 11.2. The predicted octanol–water partition coefficient (Wildman–Crippen LogP) is 4.45. The first-order valence-corrected chi connectivity index (χ1v) is 9.06. The second kappa shape index (κ2) is 6.67. The van der Waals surface area contributed by atoms with Crippen LogP contribution in [-0.4, -0.2) is 15.0 Å². The maximum Gasteiger partial charge on any atom is 0.264 e. The van der Waals surface area contributed by atoms with E-state index in [1.807, 2.05) is 26.0 Å². The van der Waals surface area contributed by atoms with Crippen molar-refractivity contribution >= 4 is 31.6 Å². The number of rotatable bonds is 5. The van der Waals surface area contributed by atoms with Crippen molar-refractivity contribution < 1.29 is 8.42 Å². The van der Waals surface area contributed by atoms with Gasteiger partial charge < -0.3 is 0 Å². The fourth-order valence-electron chi connectivity index (χ4n) is 2.08. The maximum absolute atomic E-state index is 12.9. The average Bonchev–Trinajstić information content (AvgIpc) is 2.48. The highest BCUT2D eigenvalue weighted by molar-refractivity contribution is 9.10. The number of anilines is 1. The predicted molar refractivity (Wildman–Crippen MR) is 94.8 cm³/mol. The summed E-state index contributed by atoms with van der Waals surface area (Å²) in [6.45, 7) is 7.75. The molecule has 0 unspecified atom stereocenters. The van der Waals surface area contributed by atoms with E-state index in [-0.39, 0.29) is 11.4 Å². The Morgan fingerprint density at radius 2 is 1.77 bits per heavy atom. The van der Waals surface area contributed by atoms with Gasteiger partial charge in [-0.25, -0.2) is 8.42 Å². The number of hydrogen-bond acceptors (Lipinski definition) is 2. The summed E-state index contributed by atoms with van der Waals surface area (Å²) in [6.07, 6.45) is 1.59. The van der Waals surface area contributed by atoms with Gasteiger partial charge in [0.05, 0.1) is 17.1 Å². The topological polar surface area (TPSA) is 37.4 Å². The van der Waals surface area contributed by atoms with E-state index in [4.69, 9.17) is 0 Å². The lowest BCUT2D eigenvalue weighted by Gasteiger charge is -2.24. The molecule has 0 heterocycles. The lowest BCUT2D eigenvalue weighted by atomic mass is 10.2. The van der Waals surface area contributed by atoms with Gasteiger partial charge in [-0.2, -0.15) is 0 Å². The number of hydrogen-bond donors (Lipinski definition) is 0. The van der Waals surface area contributed by atoms with E-state index in [0.29, 0.717) is 5.69 Å². The summed E-state index contributed by atoms with van der Waals surface area (Å²) >= 11 is 3.43. The van der Waals surface area contributed by atoms with Crippen LogP contribution in [0.15, 0.2) is 64.5 Å². The molecule has 0 aliphatic heterocycles. The van der Waals surface area contributed by atoms with E-state index >= 15 is 0 Å². The molecule has 0 aliphatic rings. The standard InChI is InChI=1S/C17H18BrNO2S/c1-4-11-19(15-7-10-17(18)14(3)12-15)22(20,21)16-8-5-13(2)6-9-16/h4-10,12H,1,11H2,2-3H3. The Labute approximate surface area is 140 Å². The minimum absolute atomic E-state index is 0.220. The molecule has 116 valence electrons. The molecule has 0 saturated heterocycles. The molecule has 0 aliphatic carbocycles. The Hall–Kier alpha value is -1.59. The molecule has 0 bridgehead atoms. The van der Waals surface area contributed by atoms with Crippen LogP contribution in [0.1, 0.15) is 11.1 Å². The van der Waals surface area contributed by atoms with Crippen LogP contribution in [0, 0.1) is 13.8 Å². The van der Waals surface area contributed by atoms with Gasteiger partial charge in [0, 0.05) is 4.47 Å². The minimum Gasteiger partial charge on any atom is -0.263 e. The van der Waals surface area contributed by atoms with E-state index < -0.39 is 10.0 Å². The molecule has 0 aromatic heterocycles. The SMILES string of the molecule is C=CCN(c1ccc(Br)c(C)c1)S(=O)(=O)c1ccc(C)cc1. The van der Waals surface area contributed by atoms with Crippen molar-refractivity contribution in [2.75, 3.05) is 10.8 Å². The zero-order valence-corrected chi connectivity index (χ0v) is 15.0. The monoisotopic (exact) mass is 379 g/mol. The van der Waals surface area contributed by atoms with E-state index in [0.717, 1.165) is 15.6 Å². The van der Waals surface area contributed by atoms with Gasteiger partial charge in [0.2, 0.25) is 0 Å². The fraction of sp³-hybridized carbons (Fsp3) is 0.176. The van der Waals surface area contributed by atoms with Gasteiger partial charge in [0.25, 0.3) is 10.0 Å². The third kappa shape index (κ3) is 3.42. The van der Waals surface area contributed by atoms with Crippen molar-refractivity contribution in [3.05, 3.63) is 70.7 Å². The first-order valence-electron chi connectivity index (χ1n) is 6.82. The molecular formula is C17H18BrNO2S. The second-order valence-corrected chi connectivity index (χ2v) is 7.79. The lowest BCUT2D eigenvalue weighted by molar-refractivity contribution is 0.593. The van der Waals surface area contributed by atoms with Crippen LogP contribution in [0.25, 0.3) is 0 Å². The largest absolute Gasteiger partial charge is 0.264 e. The maximum atomic E-state index is 12.9. The highest BCUT2D eigenvalue weighted by atomic mass is 79.9. The number of halogens is 1. The van der Waals surface area contributed by atoms with Gasteiger partial charge in [-0.1, -0.05) is 39.7 Å². The Kier molecular flexibility index (Phi) is 5.08. The number of benzene rings is 2. The van der Waals surface area contributed by atoms with E-state index in [2.05, 4.69) is 22.5 Å². The third-order valence-electron chi connectivity index (χ3n) is 3.33. The van der Waals surface area contributed by atoms with Crippen molar-refractivity contribution in [3.63, 3.8) is 0 Å². The molecule has 0 amide bonds. The molecule has 5 heteroatoms. The van der Waals surface area contributed by atoms with E-state index in [9.17, 15) is 8.42 Å². The average molecular weight is 380 g/mol. The van der Waals surface area contributed by atoms with Crippen LogP contribution in [-0.2, 0) is 10.0 Å². The number of aryl methyl sites for hydroxylation is 2. The van der Waals surface area contributed by atoms with Gasteiger partial charge in [-0.15, -0.1) is 6.58 Å². The van der Waals surface area contributed by atoms with Crippen molar-refractivity contribution in [3.8, 4) is 0 Å². The summed E-state index contributed by atoms with van der Waals surface area (Å²) in [7, 11) is -3.62. The molecule has 22 heavy (non-hydrogen) atoms. The number of sulfonamides is 1. The van der Waals surface area contributed by atoms with Crippen LogP contribution in [0.3, 0.4) is 0 Å². The molecule has 0 saturated carbocycles. The molecular weight excluding hydrogens is 362 g/mol. The molecule has 2 aromatic carbocycles. The summed E-state index contributed by atoms with van der Waals surface area (Å²) in [5.41, 5.74) is 2.63. The zero-order chi connectivity index (χ0) is 16.3. The Bertz CT molecular complexity index is 783. The highest BCUT2D eigenvalue weighted by Crippen LogP contribution is 2.27. The lowest BCUT2D eigenvalue weighted by Crippen LogP contribution is -2.31. The van der Waals surface area contributed by atoms with Crippen LogP contribution in [0.4, 0.5) is 5.69 Å². The molecule has 0 N–H and O–H groups in total. The van der Waals surface area contributed by atoms with Crippen molar-refractivity contribution in [2.45, 2.75) is 18.7 Å². The molecule has 0 atom stereocenters. The van der Waals surface area contributed by atoms with E-state index in [1.54, 1.807) is 36.4 Å². The molecule has 0 fully saturated rings. The smallest absolute Gasteiger partial charge is 0.263 e. The first kappa shape index (κ1) is 16.8. The van der Waals surface area contributed by atoms with Crippen molar-refractivity contribution in [1.82, 2.24) is 0 Å². The summed E-state index contributed by atoms with van der Waals surface area (Å²) in [5, 5.41) is 0. The summed E-state index contributed by atoms with van der Waals surface area (Å²) < 4.78 is 28.1. The van der Waals surface area contributed by atoms with Gasteiger partial charge in [0.15, 0.2) is 0 Å².